The minimum Gasteiger partial charge on any atom is -0.303 e. The second-order valence-corrected chi connectivity index (χ2v) is 4.27. The zero-order valence-electron chi connectivity index (χ0n) is 6.76. The molecule has 0 saturated carbocycles. The van der Waals surface area contributed by atoms with Crippen LogP contribution in [0.3, 0.4) is 0 Å². The van der Waals surface area contributed by atoms with Crippen LogP contribution < -0.4 is 0 Å². The maximum absolute atomic E-state index is 11.1. The Bertz CT molecular complexity index is 246. The number of allylic oxidation sites excluding steroid dienone is 1. The van der Waals surface area contributed by atoms with Crippen molar-refractivity contribution in [3.63, 3.8) is 0 Å². The molecule has 0 aromatic carbocycles. The monoisotopic (exact) mass is 169 g/mol. The topological polar surface area (TPSA) is 20.3 Å². The quantitative estimate of drug-likeness (QED) is 0.513. The minimum absolute atomic E-state index is 0.291. The molecule has 0 spiro atoms. The van der Waals surface area contributed by atoms with Crippen LogP contribution in [0.1, 0.15) is 20.3 Å². The van der Waals surface area contributed by atoms with E-state index in [0.717, 1.165) is 12.2 Å². The van der Waals surface area contributed by atoms with Crippen molar-refractivity contribution in [2.75, 3.05) is 5.75 Å². The van der Waals surface area contributed by atoms with E-state index < -0.39 is 0 Å². The van der Waals surface area contributed by atoms with E-state index in [-0.39, 0.29) is 0 Å². The lowest BCUT2D eigenvalue weighted by atomic mass is 10.1. The number of fused-ring (bicyclic) bond motifs is 1. The first-order valence-electron chi connectivity index (χ1n) is 3.80. The molecule has 1 atom stereocenters. The molecule has 2 rings (SSSR count). The van der Waals surface area contributed by atoms with E-state index in [4.69, 9.17) is 0 Å². The van der Waals surface area contributed by atoms with Gasteiger partial charge in [-0.25, -0.2) is 0 Å². The van der Waals surface area contributed by atoms with Crippen LogP contribution in [0.2, 0.25) is 0 Å². The van der Waals surface area contributed by atoms with Crippen molar-refractivity contribution in [1.82, 2.24) is 4.90 Å². The van der Waals surface area contributed by atoms with Crippen LogP contribution in [0, 0.1) is 0 Å². The number of hydrogen-bond acceptors (Lipinski definition) is 2. The SMILES string of the molecule is CC1=C(C)N2C(=O)CC2SC1. The van der Waals surface area contributed by atoms with Crippen LogP contribution >= 0.6 is 11.8 Å². The Labute approximate surface area is 70.6 Å². The predicted molar refractivity (Wildman–Crippen MR) is 46.1 cm³/mol. The van der Waals surface area contributed by atoms with Gasteiger partial charge in [0, 0.05) is 11.4 Å². The summed E-state index contributed by atoms with van der Waals surface area (Å²) in [7, 11) is 0. The second-order valence-electron chi connectivity index (χ2n) is 3.10. The lowest BCUT2D eigenvalue weighted by Crippen LogP contribution is -2.51. The molecule has 0 radical (unpaired) electrons. The van der Waals surface area contributed by atoms with E-state index in [1.807, 2.05) is 23.6 Å². The number of hydrogen-bond donors (Lipinski definition) is 0. The van der Waals surface area contributed by atoms with Gasteiger partial charge in [-0.3, -0.25) is 4.79 Å². The third-order valence-corrected chi connectivity index (χ3v) is 3.74. The molecule has 0 aromatic heterocycles. The molecular formula is C8H11NOS. The van der Waals surface area contributed by atoms with Gasteiger partial charge in [0.05, 0.1) is 11.8 Å². The molecule has 1 saturated heterocycles. The van der Waals surface area contributed by atoms with Gasteiger partial charge in [-0.2, -0.15) is 0 Å². The summed E-state index contributed by atoms with van der Waals surface area (Å²) in [6.45, 7) is 4.14. The van der Waals surface area contributed by atoms with E-state index >= 15 is 0 Å². The van der Waals surface area contributed by atoms with Crippen LogP contribution in [-0.4, -0.2) is 21.9 Å². The Morgan fingerprint density at radius 2 is 2.27 bits per heavy atom. The number of nitrogens with zero attached hydrogens (tertiary/aromatic N) is 1. The summed E-state index contributed by atoms with van der Waals surface area (Å²) in [5.74, 6) is 1.39. The van der Waals surface area contributed by atoms with Crippen molar-refractivity contribution in [3.8, 4) is 0 Å². The standard InChI is InChI=1S/C8H11NOS/c1-5-4-11-8-3-7(10)9(8)6(5)2/h8H,3-4H2,1-2H3. The molecule has 1 amide bonds. The van der Waals surface area contributed by atoms with E-state index in [1.54, 1.807) is 0 Å². The summed E-state index contributed by atoms with van der Waals surface area (Å²) in [6, 6.07) is 0. The third kappa shape index (κ3) is 0.906. The molecule has 2 aliphatic heterocycles. The van der Waals surface area contributed by atoms with Crippen molar-refractivity contribution < 1.29 is 4.79 Å². The van der Waals surface area contributed by atoms with Gasteiger partial charge < -0.3 is 4.90 Å². The number of amides is 1. The van der Waals surface area contributed by atoms with Gasteiger partial charge in [0.25, 0.3) is 0 Å². The molecule has 0 aromatic rings. The van der Waals surface area contributed by atoms with E-state index in [1.165, 1.54) is 11.3 Å². The highest BCUT2D eigenvalue weighted by Gasteiger charge is 2.40. The molecule has 1 fully saturated rings. The fourth-order valence-corrected chi connectivity index (χ4v) is 2.79. The minimum atomic E-state index is 0.291. The summed E-state index contributed by atoms with van der Waals surface area (Å²) >= 11 is 1.88. The Hall–Kier alpha value is -0.440. The van der Waals surface area contributed by atoms with Crippen molar-refractivity contribution in [2.45, 2.75) is 25.6 Å². The maximum Gasteiger partial charge on any atom is 0.230 e. The molecule has 2 heterocycles. The first kappa shape index (κ1) is 7.22. The van der Waals surface area contributed by atoms with Crippen molar-refractivity contribution in [3.05, 3.63) is 11.3 Å². The van der Waals surface area contributed by atoms with Crippen LogP contribution in [0.4, 0.5) is 0 Å². The van der Waals surface area contributed by atoms with E-state index in [0.29, 0.717) is 11.3 Å². The second kappa shape index (κ2) is 2.27. The molecule has 11 heavy (non-hydrogen) atoms. The molecule has 2 aliphatic rings. The molecule has 0 bridgehead atoms. The Morgan fingerprint density at radius 3 is 2.82 bits per heavy atom. The lowest BCUT2D eigenvalue weighted by Gasteiger charge is -2.44. The first-order valence-corrected chi connectivity index (χ1v) is 4.85. The van der Waals surface area contributed by atoms with Gasteiger partial charge in [0.1, 0.15) is 0 Å². The fourth-order valence-electron chi connectivity index (χ4n) is 1.45. The van der Waals surface area contributed by atoms with Crippen molar-refractivity contribution >= 4 is 17.7 Å². The summed E-state index contributed by atoms with van der Waals surface area (Å²) in [6.07, 6.45) is 0.745. The number of thioether (sulfide) groups is 1. The van der Waals surface area contributed by atoms with Crippen LogP contribution in [0.5, 0.6) is 0 Å². The van der Waals surface area contributed by atoms with Crippen LogP contribution in [0.25, 0.3) is 0 Å². The van der Waals surface area contributed by atoms with Crippen LogP contribution in [0.15, 0.2) is 11.3 Å². The number of β-lactam (4-membered cyclic amide) rings is 1. The Kier molecular flexibility index (Phi) is 1.49. The van der Waals surface area contributed by atoms with Gasteiger partial charge >= 0.3 is 0 Å². The average Bonchev–Trinajstić information content (AvgIpc) is 1.94. The molecular weight excluding hydrogens is 158 g/mol. The molecule has 0 N–H and O–H groups in total. The summed E-state index contributed by atoms with van der Waals surface area (Å²) in [4.78, 5) is 13.0. The zero-order chi connectivity index (χ0) is 8.01. The highest BCUT2D eigenvalue weighted by Crippen LogP contribution is 2.39. The summed E-state index contributed by atoms with van der Waals surface area (Å²) < 4.78 is 0. The summed E-state index contributed by atoms with van der Waals surface area (Å²) in [5.41, 5.74) is 2.53. The third-order valence-electron chi connectivity index (χ3n) is 2.38. The predicted octanol–water partition coefficient (Wildman–Crippen LogP) is 1.59. The highest BCUT2D eigenvalue weighted by molar-refractivity contribution is 8.00. The number of carbonyl (C=O) groups excluding carboxylic acids is 1. The zero-order valence-corrected chi connectivity index (χ0v) is 7.57. The maximum atomic E-state index is 11.1. The summed E-state index contributed by atoms with van der Waals surface area (Å²) in [5, 5.41) is 0.464. The molecule has 0 aliphatic carbocycles. The molecule has 2 nitrogen and oxygen atoms in total. The van der Waals surface area contributed by atoms with Crippen LogP contribution in [-0.2, 0) is 4.79 Å². The largest absolute Gasteiger partial charge is 0.303 e. The normalized spacial score (nSPS) is 30.2. The average molecular weight is 169 g/mol. The Balaban J connectivity index is 2.29. The van der Waals surface area contributed by atoms with Gasteiger partial charge in [-0.15, -0.1) is 11.8 Å². The molecule has 3 heteroatoms. The number of carbonyl (C=O) groups is 1. The van der Waals surface area contributed by atoms with Crippen molar-refractivity contribution in [2.24, 2.45) is 0 Å². The van der Waals surface area contributed by atoms with E-state index in [2.05, 4.69) is 6.92 Å². The van der Waals surface area contributed by atoms with Gasteiger partial charge in [-0.1, -0.05) is 0 Å². The molecule has 60 valence electrons. The number of rotatable bonds is 0. The molecule has 1 unspecified atom stereocenters. The fraction of sp³-hybridized carbons (Fsp3) is 0.625. The smallest absolute Gasteiger partial charge is 0.230 e. The lowest BCUT2D eigenvalue weighted by molar-refractivity contribution is -0.138. The highest BCUT2D eigenvalue weighted by atomic mass is 32.2. The van der Waals surface area contributed by atoms with E-state index in [9.17, 15) is 4.79 Å². The first-order chi connectivity index (χ1) is 5.20. The van der Waals surface area contributed by atoms with Gasteiger partial charge in [0.2, 0.25) is 5.91 Å². The Morgan fingerprint density at radius 1 is 1.55 bits per heavy atom. The van der Waals surface area contributed by atoms with Gasteiger partial charge in [0.15, 0.2) is 0 Å². The van der Waals surface area contributed by atoms with Gasteiger partial charge in [-0.05, 0) is 19.4 Å². The van der Waals surface area contributed by atoms with Crippen molar-refractivity contribution in [1.29, 1.82) is 0 Å².